The molecule has 1 aliphatic heterocycles. The normalized spacial score (nSPS) is 14.2. The third-order valence-electron chi connectivity index (χ3n) is 5.83. The first kappa shape index (κ1) is 22.4. The lowest BCUT2D eigenvalue weighted by molar-refractivity contribution is 0.126. The van der Waals surface area contributed by atoms with Crippen molar-refractivity contribution in [1.82, 2.24) is 9.80 Å². The summed E-state index contributed by atoms with van der Waals surface area (Å²) in [5.74, 6) is -0.613. The van der Waals surface area contributed by atoms with Crippen molar-refractivity contribution in [3.05, 3.63) is 101 Å². The molecule has 0 aliphatic carbocycles. The summed E-state index contributed by atoms with van der Waals surface area (Å²) < 4.78 is 27.0. The van der Waals surface area contributed by atoms with Gasteiger partial charge in [0.2, 0.25) is 0 Å². The third-order valence-corrected chi connectivity index (χ3v) is 5.83. The molecule has 4 rings (SSSR count). The summed E-state index contributed by atoms with van der Waals surface area (Å²) in [5.41, 5.74) is 3.41. The highest BCUT2D eigenvalue weighted by atomic mass is 19.1. The van der Waals surface area contributed by atoms with E-state index < -0.39 is 0 Å². The first-order valence-electron chi connectivity index (χ1n) is 10.8. The van der Waals surface area contributed by atoms with Gasteiger partial charge in [0.05, 0.1) is 18.5 Å². The fourth-order valence-electron chi connectivity index (χ4n) is 4.09. The Hall–Kier alpha value is -3.76. The maximum absolute atomic E-state index is 13.5. The lowest BCUT2D eigenvalue weighted by Crippen LogP contribution is -2.51. The maximum atomic E-state index is 13.5. The molecule has 3 aromatic carbocycles. The minimum atomic E-state index is -0.307. The summed E-state index contributed by atoms with van der Waals surface area (Å²) in [4.78, 5) is 16.7. The van der Waals surface area contributed by atoms with Gasteiger partial charge in [-0.15, -0.1) is 0 Å². The fraction of sp³-hybridized carbons (Fsp3) is 0.231. The molecule has 0 atom stereocenters. The van der Waals surface area contributed by atoms with Crippen molar-refractivity contribution in [2.24, 2.45) is 0 Å². The number of hydrogen-bond donors (Lipinski definition) is 1. The van der Waals surface area contributed by atoms with E-state index >= 15 is 0 Å². The summed E-state index contributed by atoms with van der Waals surface area (Å²) >= 11 is 0. The average molecular weight is 447 g/mol. The van der Waals surface area contributed by atoms with E-state index in [-0.39, 0.29) is 23.7 Å². The van der Waals surface area contributed by atoms with Crippen molar-refractivity contribution in [3.8, 4) is 6.07 Å². The lowest BCUT2D eigenvalue weighted by atomic mass is 9.96. The van der Waals surface area contributed by atoms with Crippen molar-refractivity contribution in [1.29, 1.82) is 5.26 Å². The zero-order chi connectivity index (χ0) is 23.2. The van der Waals surface area contributed by atoms with E-state index in [1.807, 2.05) is 12.1 Å². The number of amides is 2. The Bertz CT molecular complexity index is 1070. The molecule has 1 saturated heterocycles. The molecule has 0 spiro atoms. The van der Waals surface area contributed by atoms with Gasteiger partial charge in [-0.05, 0) is 53.1 Å². The molecule has 7 heteroatoms. The first-order valence-corrected chi connectivity index (χ1v) is 10.8. The van der Waals surface area contributed by atoms with Crippen LogP contribution in [0.4, 0.5) is 19.3 Å². The zero-order valence-corrected chi connectivity index (χ0v) is 18.0. The Labute approximate surface area is 191 Å². The molecule has 1 aliphatic rings. The second-order valence-corrected chi connectivity index (χ2v) is 7.99. The van der Waals surface area contributed by atoms with Crippen LogP contribution < -0.4 is 5.32 Å². The second-order valence-electron chi connectivity index (χ2n) is 7.99. The van der Waals surface area contributed by atoms with Crippen molar-refractivity contribution in [2.75, 3.05) is 31.5 Å². The molecule has 0 saturated carbocycles. The molecule has 0 radical (unpaired) electrons. The summed E-state index contributed by atoms with van der Waals surface area (Å²) in [6.07, 6.45) is 0.333. The van der Waals surface area contributed by atoms with Crippen LogP contribution in [0.3, 0.4) is 0 Å². The molecule has 0 bridgehead atoms. The predicted molar refractivity (Wildman–Crippen MR) is 123 cm³/mol. The standard InChI is InChI=1S/C26H24F2N4O/c27-22-7-3-20(4-8-22)25(21-5-9-23(28)10-6-21)31-15-17-32(18-16-31)26(33)30-24-11-1-19(2-12-24)13-14-29/h1-12,25H,13,15-18H2,(H,30,33). The van der Waals surface area contributed by atoms with Gasteiger partial charge in [0.25, 0.3) is 0 Å². The fourth-order valence-corrected chi connectivity index (χ4v) is 4.09. The van der Waals surface area contributed by atoms with Crippen LogP contribution in [0.15, 0.2) is 72.8 Å². The molecule has 33 heavy (non-hydrogen) atoms. The molecule has 2 amide bonds. The topological polar surface area (TPSA) is 59.4 Å². The van der Waals surface area contributed by atoms with Gasteiger partial charge in [-0.2, -0.15) is 5.26 Å². The predicted octanol–water partition coefficient (Wildman–Crippen LogP) is 4.97. The molecule has 168 valence electrons. The van der Waals surface area contributed by atoms with Crippen LogP contribution in [0.2, 0.25) is 0 Å². The summed E-state index contributed by atoms with van der Waals surface area (Å²) in [5, 5.41) is 11.7. The van der Waals surface area contributed by atoms with Gasteiger partial charge < -0.3 is 10.2 Å². The number of benzene rings is 3. The average Bonchev–Trinajstić information content (AvgIpc) is 2.83. The quantitative estimate of drug-likeness (QED) is 0.602. The van der Waals surface area contributed by atoms with Crippen molar-refractivity contribution in [3.63, 3.8) is 0 Å². The Balaban J connectivity index is 1.43. The van der Waals surface area contributed by atoms with E-state index in [2.05, 4.69) is 16.3 Å². The Morgan fingerprint density at radius 3 is 1.85 bits per heavy atom. The number of halogens is 2. The van der Waals surface area contributed by atoms with Gasteiger partial charge in [-0.1, -0.05) is 36.4 Å². The van der Waals surface area contributed by atoms with Crippen LogP contribution in [-0.2, 0) is 6.42 Å². The molecule has 0 unspecified atom stereocenters. The van der Waals surface area contributed by atoms with E-state index in [1.165, 1.54) is 24.3 Å². The van der Waals surface area contributed by atoms with Gasteiger partial charge in [0.15, 0.2) is 0 Å². The summed E-state index contributed by atoms with van der Waals surface area (Å²) in [6, 6.07) is 21.7. The van der Waals surface area contributed by atoms with Crippen LogP contribution >= 0.6 is 0 Å². The number of rotatable bonds is 5. The molecule has 1 heterocycles. The molecular formula is C26H24F2N4O. The minimum absolute atomic E-state index is 0.163. The third kappa shape index (κ3) is 5.54. The zero-order valence-electron chi connectivity index (χ0n) is 18.0. The van der Waals surface area contributed by atoms with Crippen LogP contribution in [-0.4, -0.2) is 42.0 Å². The summed E-state index contributed by atoms with van der Waals surface area (Å²) in [7, 11) is 0. The Kier molecular flexibility index (Phi) is 6.96. The van der Waals surface area contributed by atoms with Gasteiger partial charge in [-0.25, -0.2) is 13.6 Å². The Morgan fingerprint density at radius 2 is 1.36 bits per heavy atom. The minimum Gasteiger partial charge on any atom is -0.322 e. The van der Waals surface area contributed by atoms with E-state index in [0.29, 0.717) is 38.3 Å². The van der Waals surface area contributed by atoms with Crippen molar-refractivity contribution < 1.29 is 13.6 Å². The largest absolute Gasteiger partial charge is 0.322 e. The Morgan fingerprint density at radius 1 is 0.848 bits per heavy atom. The highest BCUT2D eigenvalue weighted by molar-refractivity contribution is 5.89. The van der Waals surface area contributed by atoms with Crippen LogP contribution in [0.25, 0.3) is 0 Å². The number of nitrogens with zero attached hydrogens (tertiary/aromatic N) is 3. The second kappa shape index (κ2) is 10.2. The number of anilines is 1. The van der Waals surface area contributed by atoms with Crippen LogP contribution in [0, 0.1) is 23.0 Å². The number of nitriles is 1. The molecule has 1 N–H and O–H groups in total. The van der Waals surface area contributed by atoms with Crippen LogP contribution in [0.1, 0.15) is 22.7 Å². The van der Waals surface area contributed by atoms with E-state index in [0.717, 1.165) is 16.7 Å². The van der Waals surface area contributed by atoms with Gasteiger partial charge in [0.1, 0.15) is 11.6 Å². The number of hydrogen-bond acceptors (Lipinski definition) is 3. The molecule has 1 fully saturated rings. The van der Waals surface area contributed by atoms with Gasteiger partial charge in [-0.3, -0.25) is 4.90 Å². The number of carbonyl (C=O) groups is 1. The molecule has 5 nitrogen and oxygen atoms in total. The monoisotopic (exact) mass is 446 g/mol. The number of piperazine rings is 1. The molecule has 0 aromatic heterocycles. The number of urea groups is 1. The number of nitrogens with one attached hydrogen (secondary N) is 1. The lowest BCUT2D eigenvalue weighted by Gasteiger charge is -2.39. The SMILES string of the molecule is N#CCc1ccc(NC(=O)N2CCN(C(c3ccc(F)cc3)c3ccc(F)cc3)CC2)cc1. The number of carbonyl (C=O) groups excluding carboxylic acids is 1. The highest BCUT2D eigenvalue weighted by Gasteiger charge is 2.28. The molecular weight excluding hydrogens is 422 g/mol. The molecule has 3 aromatic rings. The van der Waals surface area contributed by atoms with E-state index in [9.17, 15) is 13.6 Å². The highest BCUT2D eigenvalue weighted by Crippen LogP contribution is 2.30. The van der Waals surface area contributed by atoms with Crippen molar-refractivity contribution in [2.45, 2.75) is 12.5 Å². The maximum Gasteiger partial charge on any atom is 0.321 e. The van der Waals surface area contributed by atoms with E-state index in [4.69, 9.17) is 5.26 Å². The summed E-state index contributed by atoms with van der Waals surface area (Å²) in [6.45, 7) is 2.29. The smallest absolute Gasteiger partial charge is 0.321 e. The first-order chi connectivity index (χ1) is 16.0. The van der Waals surface area contributed by atoms with Gasteiger partial charge >= 0.3 is 6.03 Å². The van der Waals surface area contributed by atoms with Crippen LogP contribution in [0.5, 0.6) is 0 Å². The van der Waals surface area contributed by atoms with Gasteiger partial charge in [0, 0.05) is 31.9 Å². The van der Waals surface area contributed by atoms with E-state index in [1.54, 1.807) is 41.3 Å². The van der Waals surface area contributed by atoms with Crippen molar-refractivity contribution >= 4 is 11.7 Å².